The summed E-state index contributed by atoms with van der Waals surface area (Å²) in [6.07, 6.45) is 0. The minimum absolute atomic E-state index is 0. The molecule has 0 bridgehead atoms. The van der Waals surface area contributed by atoms with Gasteiger partial charge in [0.15, 0.2) is 0 Å². The maximum atomic E-state index is 8.74. The van der Waals surface area contributed by atoms with Crippen molar-refractivity contribution in [2.45, 2.75) is 0 Å². The van der Waals surface area contributed by atoms with Gasteiger partial charge in [0.2, 0.25) is 0 Å². The van der Waals surface area contributed by atoms with Gasteiger partial charge in [0.05, 0.1) is 0 Å². The quantitative estimate of drug-likeness (QED) is 0.379. The van der Waals surface area contributed by atoms with Gasteiger partial charge in [-0.1, -0.05) is 0 Å². The normalized spacial score (nSPS) is 3.43. The van der Waals surface area contributed by atoms with Crippen LogP contribution in [0.3, 0.4) is 0 Å². The summed E-state index contributed by atoms with van der Waals surface area (Å²) in [5, 5.41) is 0. The third-order valence-corrected chi connectivity index (χ3v) is 0. The summed E-state index contributed by atoms with van der Waals surface area (Å²) in [5.74, 6) is 0. The van der Waals surface area contributed by atoms with Crippen molar-refractivity contribution in [1.29, 1.82) is 0 Å². The fraction of sp³-hybridized carbons (Fsp3) is 0. The van der Waals surface area contributed by atoms with Gasteiger partial charge in [-0.2, -0.15) is 0 Å². The van der Waals surface area contributed by atoms with Gasteiger partial charge in [-0.05, 0) is 0 Å². The molecule has 0 aromatic rings. The number of hydrogen-bond acceptors (Lipinski definition) is 1. The van der Waals surface area contributed by atoms with E-state index in [0.717, 1.165) is 0 Å². The SMILES string of the molecule is O=[Si](O)O.[CaH2].[KH].[NaH]. The molecule has 32 valence electrons. The van der Waals surface area contributed by atoms with Gasteiger partial charge < -0.3 is 9.59 Å². The summed E-state index contributed by atoms with van der Waals surface area (Å²) in [6, 6.07) is 0. The van der Waals surface area contributed by atoms with E-state index >= 15 is 0 Å². The molecule has 0 aromatic heterocycles. The van der Waals surface area contributed by atoms with Gasteiger partial charge in [-0.15, -0.1) is 0 Å². The summed E-state index contributed by atoms with van der Waals surface area (Å²) in [5.41, 5.74) is 0. The van der Waals surface area contributed by atoms with E-state index in [2.05, 4.69) is 0 Å². The van der Waals surface area contributed by atoms with E-state index in [-0.39, 0.29) is 119 Å². The van der Waals surface area contributed by atoms with Crippen LogP contribution in [0, 0.1) is 0 Å². The predicted octanol–water partition coefficient (Wildman–Crippen LogP) is -3.83. The molecule has 0 saturated carbocycles. The Balaban J connectivity index is -0.0000000150. The van der Waals surface area contributed by atoms with E-state index in [0.29, 0.717) is 0 Å². The fourth-order valence-electron chi connectivity index (χ4n) is 0. The second-order valence-corrected chi connectivity index (χ2v) is 0.848. The zero-order chi connectivity index (χ0) is 3.58. The van der Waals surface area contributed by atoms with Crippen LogP contribution in [-0.2, 0) is 4.46 Å². The van der Waals surface area contributed by atoms with E-state index in [9.17, 15) is 0 Å². The molecule has 3 nitrogen and oxygen atoms in total. The van der Waals surface area contributed by atoms with Crippen molar-refractivity contribution in [3.05, 3.63) is 0 Å². The van der Waals surface area contributed by atoms with Gasteiger partial charge in [0.1, 0.15) is 0 Å². The Morgan fingerprint density at radius 1 is 1.29 bits per heavy atom. The van der Waals surface area contributed by atoms with Gasteiger partial charge in [0.25, 0.3) is 0 Å². The second kappa shape index (κ2) is 16.3. The Morgan fingerprint density at radius 3 is 1.29 bits per heavy atom. The minimum atomic E-state index is -3.13. The van der Waals surface area contributed by atoms with Crippen molar-refractivity contribution in [2.75, 3.05) is 0 Å². The van der Waals surface area contributed by atoms with Crippen LogP contribution in [0.15, 0.2) is 0 Å². The average Bonchev–Trinajstić information content (AvgIpc) is 0.811. The first kappa shape index (κ1) is 22.4. The van der Waals surface area contributed by atoms with Crippen LogP contribution in [0.2, 0.25) is 0 Å². The molecule has 0 amide bonds. The van der Waals surface area contributed by atoms with Crippen molar-refractivity contribution in [2.24, 2.45) is 0 Å². The first-order chi connectivity index (χ1) is 1.73. The van der Waals surface area contributed by atoms with Crippen molar-refractivity contribution in [3.63, 3.8) is 0 Å². The van der Waals surface area contributed by atoms with Crippen molar-refractivity contribution >= 4 is 128 Å². The van der Waals surface area contributed by atoms with Crippen LogP contribution in [-0.4, -0.2) is 137 Å². The van der Waals surface area contributed by atoms with E-state index in [1.807, 2.05) is 0 Å². The Morgan fingerprint density at radius 2 is 1.29 bits per heavy atom. The van der Waals surface area contributed by atoms with E-state index in [1.165, 1.54) is 0 Å². The summed E-state index contributed by atoms with van der Waals surface area (Å²) in [6.45, 7) is 0. The van der Waals surface area contributed by atoms with E-state index in [1.54, 1.807) is 0 Å². The number of rotatable bonds is 0. The van der Waals surface area contributed by atoms with E-state index < -0.39 is 9.17 Å². The van der Waals surface area contributed by atoms with E-state index in [4.69, 9.17) is 14.1 Å². The van der Waals surface area contributed by atoms with Gasteiger partial charge >= 0.3 is 128 Å². The molecular formula is H6CaKNaO3Si. The van der Waals surface area contributed by atoms with Gasteiger partial charge in [-0.25, -0.2) is 0 Å². The second-order valence-electron chi connectivity index (χ2n) is 0.283. The first-order valence-corrected chi connectivity index (χ1v) is 1.95. The Labute approximate surface area is 138 Å². The molecule has 0 radical (unpaired) electrons. The number of hydrogen-bond donors (Lipinski definition) is 2. The van der Waals surface area contributed by atoms with Crippen molar-refractivity contribution in [1.82, 2.24) is 0 Å². The van der Waals surface area contributed by atoms with Crippen molar-refractivity contribution < 1.29 is 14.1 Å². The van der Waals surface area contributed by atoms with Crippen LogP contribution >= 0.6 is 0 Å². The Kier molecular flexibility index (Phi) is 52.1. The predicted molar refractivity (Wildman–Crippen MR) is 33.7 cm³/mol. The third kappa shape index (κ3) is 43.5. The van der Waals surface area contributed by atoms with Crippen LogP contribution in [0.4, 0.5) is 0 Å². The molecule has 0 saturated heterocycles. The monoisotopic (exact) mass is 184 g/mol. The third-order valence-electron chi connectivity index (χ3n) is 0. The summed E-state index contributed by atoms with van der Waals surface area (Å²) in [7, 11) is -3.13. The molecule has 2 N–H and O–H groups in total. The van der Waals surface area contributed by atoms with Crippen LogP contribution in [0.1, 0.15) is 0 Å². The molecule has 0 heterocycles. The molecule has 0 rings (SSSR count). The van der Waals surface area contributed by atoms with Crippen LogP contribution in [0.5, 0.6) is 0 Å². The molecule has 0 aliphatic carbocycles. The molecule has 0 atom stereocenters. The Bertz CT molecular complexity index is 37.9. The zero-order valence-corrected chi connectivity index (χ0v) is 2.80. The molecular weight excluding hydrogens is 178 g/mol. The van der Waals surface area contributed by atoms with Crippen LogP contribution in [0.25, 0.3) is 0 Å². The molecule has 0 spiro atoms. The molecule has 0 aliphatic heterocycles. The molecule has 0 fully saturated rings. The molecule has 7 heavy (non-hydrogen) atoms. The molecule has 0 aliphatic rings. The average molecular weight is 184 g/mol. The van der Waals surface area contributed by atoms with Gasteiger partial charge in [-0.3, -0.25) is 4.46 Å². The summed E-state index contributed by atoms with van der Waals surface area (Å²) >= 11 is 0. The standard InChI is InChI=1S/Ca.K.Na.H2O3Si.4H/c;;;1-4(2)3;;;;/h;;;1-2H;;;;. The maximum absolute atomic E-state index is 8.74. The first-order valence-electron chi connectivity index (χ1n) is 0.651. The molecule has 7 heteroatoms. The van der Waals surface area contributed by atoms with Crippen LogP contribution < -0.4 is 0 Å². The zero-order valence-electron chi connectivity index (χ0n) is 1.80. The van der Waals surface area contributed by atoms with Crippen molar-refractivity contribution in [3.8, 4) is 0 Å². The Hall–Kier alpha value is 3.51. The molecule has 0 aromatic carbocycles. The topological polar surface area (TPSA) is 57.5 Å². The molecule has 0 unspecified atom stereocenters. The summed E-state index contributed by atoms with van der Waals surface area (Å²) in [4.78, 5) is 14.3. The summed E-state index contributed by atoms with van der Waals surface area (Å²) < 4.78 is 8.74. The fourth-order valence-corrected chi connectivity index (χ4v) is 0. The van der Waals surface area contributed by atoms with Gasteiger partial charge in [0, 0.05) is 0 Å².